The second-order valence-electron chi connectivity index (χ2n) is 18.4. The number of benzene rings is 10. The molecule has 3 aliphatic carbocycles. The second-order valence-corrected chi connectivity index (χ2v) is 18.4. The Hall–Kier alpha value is -8.00. The quantitative estimate of drug-likeness (QED) is 0.161. The van der Waals surface area contributed by atoms with Gasteiger partial charge in [-0.25, -0.2) is 0 Å². The van der Waals surface area contributed by atoms with Crippen LogP contribution in [0.1, 0.15) is 47.2 Å². The van der Waals surface area contributed by atoms with Crippen molar-refractivity contribution < 1.29 is 0 Å². The number of para-hydroxylation sites is 1. The molecule has 306 valence electrons. The molecule has 0 amide bonds. The number of nitrogens with zero attached hydrogens (tertiary/aromatic N) is 1. The van der Waals surface area contributed by atoms with Crippen LogP contribution in [0.4, 0.5) is 17.1 Å². The minimum absolute atomic E-state index is 0.301. The lowest BCUT2D eigenvalue weighted by molar-refractivity contribution is 0.657. The fourth-order valence-corrected chi connectivity index (χ4v) is 11.7. The Morgan fingerprint density at radius 2 is 0.662 bits per heavy atom. The van der Waals surface area contributed by atoms with Crippen molar-refractivity contribution in [3.63, 3.8) is 0 Å². The molecule has 0 aromatic heterocycles. The molecular weight excluding hydrogens is 783 g/mol. The Labute approximate surface area is 381 Å². The molecule has 1 heteroatoms. The monoisotopic (exact) mass is 827 g/mol. The summed E-state index contributed by atoms with van der Waals surface area (Å²) in [6.45, 7) is 4.89. The second kappa shape index (κ2) is 14.3. The van der Waals surface area contributed by atoms with Crippen molar-refractivity contribution in [1.82, 2.24) is 0 Å². The molecule has 1 spiro atoms. The van der Waals surface area contributed by atoms with Gasteiger partial charge in [0.2, 0.25) is 0 Å². The highest BCUT2D eigenvalue weighted by molar-refractivity contribution is 6.08. The first-order chi connectivity index (χ1) is 32.0. The first kappa shape index (κ1) is 37.5. The predicted octanol–water partition coefficient (Wildman–Crippen LogP) is 16.8. The summed E-state index contributed by atoms with van der Waals surface area (Å²) in [5, 5.41) is 0. The third kappa shape index (κ3) is 5.39. The first-order valence-corrected chi connectivity index (χ1v) is 22.8. The van der Waals surface area contributed by atoms with Gasteiger partial charge in [0.15, 0.2) is 0 Å². The Morgan fingerprint density at radius 1 is 0.277 bits per heavy atom. The zero-order chi connectivity index (χ0) is 43.3. The number of hydrogen-bond donors (Lipinski definition) is 0. The van der Waals surface area contributed by atoms with Gasteiger partial charge in [0.25, 0.3) is 0 Å². The lowest BCUT2D eigenvalue weighted by Crippen LogP contribution is -2.27. The molecule has 0 fully saturated rings. The smallest absolute Gasteiger partial charge is 0.0726 e. The minimum atomic E-state index is -0.499. The van der Waals surface area contributed by atoms with Crippen molar-refractivity contribution in [2.45, 2.75) is 24.7 Å². The van der Waals surface area contributed by atoms with Crippen molar-refractivity contribution in [3.8, 4) is 66.8 Å². The van der Waals surface area contributed by atoms with Crippen molar-refractivity contribution >= 4 is 17.1 Å². The maximum absolute atomic E-state index is 2.63. The third-order valence-corrected chi connectivity index (χ3v) is 14.7. The molecule has 10 aromatic rings. The van der Waals surface area contributed by atoms with Gasteiger partial charge in [0.05, 0.1) is 11.1 Å². The summed E-state index contributed by atoms with van der Waals surface area (Å²) < 4.78 is 0. The summed E-state index contributed by atoms with van der Waals surface area (Å²) in [5.41, 5.74) is 25.9. The molecule has 0 radical (unpaired) electrons. The molecule has 0 unspecified atom stereocenters. The fourth-order valence-electron chi connectivity index (χ4n) is 11.7. The minimum Gasteiger partial charge on any atom is -0.309 e. The van der Waals surface area contributed by atoms with Crippen LogP contribution in [0, 0.1) is 0 Å². The molecule has 0 saturated heterocycles. The third-order valence-electron chi connectivity index (χ3n) is 14.7. The molecule has 10 aromatic carbocycles. The SMILES string of the molecule is CC1(C)c2cc(-c3ccccc3)ccc2-c2c1cc1c(c2N(c2ccccc2)c2ccc(-c3ccc(-c4ccccc4)cc3)cc2)-c2ccccc2C12c1ccccc1-c1ccccc12. The van der Waals surface area contributed by atoms with E-state index in [0.29, 0.717) is 0 Å². The van der Waals surface area contributed by atoms with Crippen molar-refractivity contribution in [3.05, 3.63) is 270 Å². The molecule has 3 aliphatic rings. The van der Waals surface area contributed by atoms with Crippen LogP contribution in [0.15, 0.2) is 237 Å². The molecule has 1 nitrogen and oxygen atoms in total. The highest BCUT2D eigenvalue weighted by Gasteiger charge is 2.54. The van der Waals surface area contributed by atoms with Gasteiger partial charge in [-0.3, -0.25) is 0 Å². The summed E-state index contributed by atoms with van der Waals surface area (Å²) in [6.07, 6.45) is 0. The van der Waals surface area contributed by atoms with E-state index in [0.717, 1.165) is 11.4 Å². The summed E-state index contributed by atoms with van der Waals surface area (Å²) in [7, 11) is 0. The largest absolute Gasteiger partial charge is 0.309 e. The Morgan fingerprint density at radius 3 is 1.23 bits per heavy atom. The van der Waals surface area contributed by atoms with Crippen molar-refractivity contribution in [1.29, 1.82) is 0 Å². The molecule has 65 heavy (non-hydrogen) atoms. The van der Waals surface area contributed by atoms with Gasteiger partial charge in [0.1, 0.15) is 0 Å². The number of hydrogen-bond acceptors (Lipinski definition) is 1. The van der Waals surface area contributed by atoms with E-state index in [1.807, 2.05) is 0 Å². The maximum atomic E-state index is 2.63. The normalized spacial score (nSPS) is 13.9. The molecule has 0 saturated carbocycles. The molecule has 0 bridgehead atoms. The van der Waals surface area contributed by atoms with Crippen LogP contribution in [0.2, 0.25) is 0 Å². The summed E-state index contributed by atoms with van der Waals surface area (Å²) >= 11 is 0. The molecule has 0 aliphatic heterocycles. The lowest BCUT2D eigenvalue weighted by Gasteiger charge is -2.34. The van der Waals surface area contributed by atoms with Crippen LogP contribution >= 0.6 is 0 Å². The van der Waals surface area contributed by atoms with Crippen molar-refractivity contribution in [2.24, 2.45) is 0 Å². The average Bonchev–Trinajstić information content (AvgIpc) is 3.93. The van der Waals surface area contributed by atoms with Crippen molar-refractivity contribution in [2.75, 3.05) is 4.90 Å². The zero-order valence-corrected chi connectivity index (χ0v) is 36.5. The summed E-state index contributed by atoms with van der Waals surface area (Å²) in [4.78, 5) is 2.57. The number of rotatable bonds is 6. The van der Waals surface area contributed by atoms with Gasteiger partial charge in [-0.05, 0) is 119 Å². The number of fused-ring (bicyclic) bond motifs is 13. The molecule has 13 rings (SSSR count). The predicted molar refractivity (Wildman–Crippen MR) is 271 cm³/mol. The van der Waals surface area contributed by atoms with Gasteiger partial charge in [0, 0.05) is 27.9 Å². The van der Waals surface area contributed by atoms with E-state index in [4.69, 9.17) is 0 Å². The topological polar surface area (TPSA) is 3.24 Å². The maximum Gasteiger partial charge on any atom is 0.0726 e. The van der Waals surface area contributed by atoms with E-state index in [2.05, 4.69) is 255 Å². The van der Waals surface area contributed by atoms with Crippen LogP contribution in [0.3, 0.4) is 0 Å². The van der Waals surface area contributed by atoms with Crippen LogP contribution in [-0.4, -0.2) is 0 Å². The highest BCUT2D eigenvalue weighted by Crippen LogP contribution is 2.68. The van der Waals surface area contributed by atoms with Crippen LogP contribution < -0.4 is 4.90 Å². The van der Waals surface area contributed by atoms with Gasteiger partial charge < -0.3 is 4.90 Å². The van der Waals surface area contributed by atoms with E-state index in [9.17, 15) is 0 Å². The van der Waals surface area contributed by atoms with E-state index in [1.54, 1.807) is 0 Å². The molecule has 0 atom stereocenters. The average molecular weight is 828 g/mol. The molecule has 0 heterocycles. The van der Waals surface area contributed by atoms with E-state index >= 15 is 0 Å². The Bertz CT molecular complexity index is 3430. The number of anilines is 3. The van der Waals surface area contributed by atoms with E-state index < -0.39 is 5.41 Å². The highest BCUT2D eigenvalue weighted by atomic mass is 15.1. The zero-order valence-electron chi connectivity index (χ0n) is 36.5. The van der Waals surface area contributed by atoms with E-state index in [1.165, 1.54) is 106 Å². The fraction of sp³-hybridized carbons (Fsp3) is 0.0625. The molecule has 0 N–H and O–H groups in total. The van der Waals surface area contributed by atoms with E-state index in [-0.39, 0.29) is 5.41 Å². The first-order valence-electron chi connectivity index (χ1n) is 22.8. The van der Waals surface area contributed by atoms with Crippen LogP contribution in [-0.2, 0) is 10.8 Å². The lowest BCUT2D eigenvalue weighted by atomic mass is 9.69. The molecular formula is C64H45N. The Balaban J connectivity index is 1.10. The Kier molecular flexibility index (Phi) is 8.24. The summed E-state index contributed by atoms with van der Waals surface area (Å²) in [5.74, 6) is 0. The summed E-state index contributed by atoms with van der Waals surface area (Å²) in [6, 6.07) is 88.1. The standard InChI is InChI=1S/C64H45N/c1-63(2)57-40-47(43-20-8-4-9-21-43)36-39-53(57)60-58(63)41-59-61(52-26-14-17-29-56(52)64(59)54-27-15-12-24-50(54)51-25-13-16-28-55(51)64)62(60)65(48-22-10-5-11-23-48)49-37-34-46(35-38-49)45-32-30-44(31-33-45)42-18-6-3-7-19-42/h3-41H,1-2H3. The van der Waals surface area contributed by atoms with Crippen LogP contribution in [0.5, 0.6) is 0 Å². The van der Waals surface area contributed by atoms with Gasteiger partial charge in [-0.1, -0.05) is 220 Å². The van der Waals surface area contributed by atoms with Gasteiger partial charge in [-0.15, -0.1) is 0 Å². The van der Waals surface area contributed by atoms with Gasteiger partial charge >= 0.3 is 0 Å². The van der Waals surface area contributed by atoms with Gasteiger partial charge in [-0.2, -0.15) is 0 Å². The van der Waals surface area contributed by atoms with Crippen LogP contribution in [0.25, 0.3) is 66.8 Å².